The second-order valence-electron chi connectivity index (χ2n) is 3.53. The molecule has 3 nitrogen and oxygen atoms in total. The van der Waals surface area contributed by atoms with Crippen LogP contribution in [-0.4, -0.2) is 29.4 Å². The van der Waals surface area contributed by atoms with Crippen LogP contribution in [0.1, 0.15) is 0 Å². The van der Waals surface area contributed by atoms with Gasteiger partial charge in [-0.15, -0.1) is 0 Å². The molecule has 2 aromatic carbocycles. The van der Waals surface area contributed by atoms with E-state index in [-0.39, 0.29) is 0 Å². The first-order valence-corrected chi connectivity index (χ1v) is 9.62. The van der Waals surface area contributed by atoms with Crippen molar-refractivity contribution >= 4 is 26.6 Å². The van der Waals surface area contributed by atoms with Crippen molar-refractivity contribution in [3.05, 3.63) is 54.6 Å². The van der Waals surface area contributed by atoms with Crippen molar-refractivity contribution in [2.75, 3.05) is 7.11 Å². The van der Waals surface area contributed by atoms with Crippen LogP contribution in [0.5, 0.6) is 5.75 Å². The summed E-state index contributed by atoms with van der Waals surface area (Å²) in [7, 11) is -1.63. The minimum absolute atomic E-state index is 0.376. The summed E-state index contributed by atoms with van der Waals surface area (Å²) in [5.41, 5.74) is 0. The molecule has 18 heavy (non-hydrogen) atoms. The molecule has 0 amide bonds. The molecule has 0 unspecified atom stereocenters. The summed E-state index contributed by atoms with van der Waals surface area (Å²) in [6.45, 7) is 0. The first-order valence-electron chi connectivity index (χ1n) is 5.25. The fourth-order valence-corrected chi connectivity index (χ4v) is 6.23. The summed E-state index contributed by atoms with van der Waals surface area (Å²) in [5, 5.41) is 0. The summed E-state index contributed by atoms with van der Waals surface area (Å²) in [4.78, 5) is 0.376. The second kappa shape index (κ2) is 5.57. The van der Waals surface area contributed by atoms with Gasteiger partial charge >= 0.3 is 112 Å². The van der Waals surface area contributed by atoms with Crippen LogP contribution in [0.4, 0.5) is 0 Å². The van der Waals surface area contributed by atoms with Crippen LogP contribution in [-0.2, 0) is 8.26 Å². The Morgan fingerprint density at radius 2 is 1.56 bits per heavy atom. The molecule has 2 aromatic rings. The number of ether oxygens (including phenoxy) is 1. The first-order chi connectivity index (χ1) is 8.62. The predicted molar refractivity (Wildman–Crippen MR) is 72.0 cm³/mol. The van der Waals surface area contributed by atoms with Crippen molar-refractivity contribution in [3.8, 4) is 5.75 Å². The van der Waals surface area contributed by atoms with E-state index in [1.54, 1.807) is 61.7 Å². The molecule has 0 aromatic heterocycles. The first kappa shape index (κ1) is 13.1. The number of hydrogen-bond donors (Lipinski definition) is 0. The third-order valence-electron chi connectivity index (χ3n) is 2.30. The van der Waals surface area contributed by atoms with Gasteiger partial charge in [0.2, 0.25) is 0 Å². The summed E-state index contributed by atoms with van der Waals surface area (Å²) in [5.74, 6) is 0.728. The Morgan fingerprint density at radius 1 is 0.944 bits per heavy atom. The maximum atomic E-state index is 12.2. The van der Waals surface area contributed by atoms with E-state index in [2.05, 4.69) is 0 Å². The molecule has 2 rings (SSSR count). The topological polar surface area (TPSA) is 43.4 Å². The maximum absolute atomic E-state index is 12.2. The molecule has 0 saturated carbocycles. The van der Waals surface area contributed by atoms with Crippen molar-refractivity contribution in [1.82, 2.24) is 0 Å². The van der Waals surface area contributed by atoms with Gasteiger partial charge in [-0.05, 0) is 0 Å². The number of methoxy groups -OCH3 is 1. The average Bonchev–Trinajstić information content (AvgIpc) is 2.40. The van der Waals surface area contributed by atoms with E-state index in [0.29, 0.717) is 4.90 Å². The number of rotatable bonds is 4. The van der Waals surface area contributed by atoms with Gasteiger partial charge in [0, 0.05) is 0 Å². The zero-order valence-corrected chi connectivity index (χ0v) is 12.3. The van der Waals surface area contributed by atoms with Gasteiger partial charge in [0.1, 0.15) is 0 Å². The Bertz CT molecular complexity index is 606. The molecule has 0 aliphatic carbocycles. The van der Waals surface area contributed by atoms with Crippen LogP contribution in [0.3, 0.4) is 0 Å². The van der Waals surface area contributed by atoms with Crippen molar-refractivity contribution in [1.29, 1.82) is 0 Å². The molecule has 0 spiro atoms. The molecule has 0 radical (unpaired) electrons. The molecule has 0 bridgehead atoms. The van der Waals surface area contributed by atoms with Crippen LogP contribution in [0.15, 0.2) is 59.5 Å². The number of hydrogen-bond acceptors (Lipinski definition) is 3. The van der Waals surface area contributed by atoms with Gasteiger partial charge in [-0.1, -0.05) is 0 Å². The normalized spacial score (nSPS) is 11.2. The van der Waals surface area contributed by atoms with Gasteiger partial charge in [0.25, 0.3) is 0 Å². The number of benzene rings is 2. The van der Waals surface area contributed by atoms with Gasteiger partial charge in [-0.25, -0.2) is 0 Å². The van der Waals surface area contributed by atoms with Gasteiger partial charge < -0.3 is 0 Å². The Labute approximate surface area is 112 Å². The van der Waals surface area contributed by atoms with E-state index in [9.17, 15) is 8.42 Å². The Kier molecular flexibility index (Phi) is 4.07. The molecule has 0 aliphatic heterocycles. The third-order valence-corrected chi connectivity index (χ3v) is 7.93. The van der Waals surface area contributed by atoms with Gasteiger partial charge in [-0.3, -0.25) is 0 Å². The standard InChI is InChI=1S/C13H12O3SSe/c1-16-11-7-9-13(10-8-11)18-17(14,15)12-5-3-2-4-6-12/h2-10H,1H3. The molecular formula is C13H12O3SSe. The third kappa shape index (κ3) is 3.13. The van der Waals surface area contributed by atoms with Crippen LogP contribution < -0.4 is 9.20 Å². The monoisotopic (exact) mass is 328 g/mol. The van der Waals surface area contributed by atoms with Crippen LogP contribution in [0, 0.1) is 0 Å². The zero-order chi connectivity index (χ0) is 13.0. The van der Waals surface area contributed by atoms with Crippen molar-refractivity contribution in [2.24, 2.45) is 0 Å². The molecule has 0 fully saturated rings. The van der Waals surface area contributed by atoms with Crippen molar-refractivity contribution in [3.63, 3.8) is 0 Å². The fourth-order valence-electron chi connectivity index (χ4n) is 1.39. The Balaban J connectivity index is 2.22. The molecule has 0 heterocycles. The Morgan fingerprint density at radius 3 is 2.11 bits per heavy atom. The molecule has 0 N–H and O–H groups in total. The van der Waals surface area contributed by atoms with E-state index >= 15 is 0 Å². The molecule has 0 aliphatic rings. The minimum atomic E-state index is -3.21. The fraction of sp³-hybridized carbons (Fsp3) is 0.0769. The van der Waals surface area contributed by atoms with Crippen molar-refractivity contribution < 1.29 is 13.2 Å². The van der Waals surface area contributed by atoms with Gasteiger partial charge in [0.05, 0.1) is 0 Å². The molecule has 0 atom stereocenters. The zero-order valence-electron chi connectivity index (χ0n) is 9.74. The van der Waals surface area contributed by atoms with Crippen LogP contribution in [0.25, 0.3) is 0 Å². The van der Waals surface area contributed by atoms with Crippen LogP contribution >= 0.6 is 0 Å². The van der Waals surface area contributed by atoms with E-state index in [1.165, 1.54) is 0 Å². The molecular weight excluding hydrogens is 315 g/mol. The summed E-state index contributed by atoms with van der Waals surface area (Å²) in [6, 6.07) is 15.7. The summed E-state index contributed by atoms with van der Waals surface area (Å²) < 4.78 is 30.2. The second-order valence-corrected chi connectivity index (χ2v) is 9.87. The van der Waals surface area contributed by atoms with Gasteiger partial charge in [0.15, 0.2) is 0 Å². The van der Waals surface area contributed by atoms with Crippen molar-refractivity contribution in [2.45, 2.75) is 4.90 Å². The molecule has 5 heteroatoms. The SMILES string of the molecule is COc1ccc([Se]S(=O)(=O)c2ccccc2)cc1. The summed E-state index contributed by atoms with van der Waals surface area (Å²) >= 11 is -0.624. The molecule has 94 valence electrons. The summed E-state index contributed by atoms with van der Waals surface area (Å²) in [6.07, 6.45) is 0. The molecule has 0 saturated heterocycles. The quantitative estimate of drug-likeness (QED) is 0.798. The Hall–Kier alpha value is -1.29. The predicted octanol–water partition coefficient (Wildman–Crippen LogP) is 1.41. The van der Waals surface area contributed by atoms with E-state index < -0.39 is 22.1 Å². The van der Waals surface area contributed by atoms with Gasteiger partial charge in [-0.2, -0.15) is 0 Å². The average molecular weight is 327 g/mol. The van der Waals surface area contributed by atoms with E-state index in [1.807, 2.05) is 0 Å². The van der Waals surface area contributed by atoms with Crippen LogP contribution in [0.2, 0.25) is 0 Å². The van der Waals surface area contributed by atoms with E-state index in [4.69, 9.17) is 4.74 Å². The van der Waals surface area contributed by atoms with E-state index in [0.717, 1.165) is 10.2 Å².